The molecule has 1 saturated heterocycles. The van der Waals surface area contributed by atoms with E-state index in [0.29, 0.717) is 24.6 Å². The number of nitrogens with one attached hydrogen (secondary N) is 4. The first-order valence-electron chi connectivity index (χ1n) is 8.09. The molecule has 0 spiro atoms. The molecule has 136 valence electrons. The molecule has 9 heteroatoms. The monoisotopic (exact) mass is 373 g/mol. The summed E-state index contributed by atoms with van der Waals surface area (Å²) in [6, 6.07) is 9.72. The van der Waals surface area contributed by atoms with Gasteiger partial charge in [0.15, 0.2) is 0 Å². The molecule has 1 aromatic heterocycles. The first-order chi connectivity index (χ1) is 12.5. The van der Waals surface area contributed by atoms with Crippen molar-refractivity contribution in [3.05, 3.63) is 42.0 Å². The Morgan fingerprint density at radius 2 is 1.96 bits per heavy atom. The maximum Gasteiger partial charge on any atom is 0.317 e. The lowest BCUT2D eigenvalue weighted by atomic mass is 10.1. The van der Waals surface area contributed by atoms with Crippen LogP contribution in [0.25, 0.3) is 10.4 Å². The predicted molar refractivity (Wildman–Crippen MR) is 100 cm³/mol. The van der Waals surface area contributed by atoms with Crippen molar-refractivity contribution in [3.63, 3.8) is 0 Å². The molecule has 4 amide bonds. The lowest BCUT2D eigenvalue weighted by Crippen LogP contribution is -2.49. The lowest BCUT2D eigenvalue weighted by Gasteiger charge is -2.15. The number of anilines is 1. The number of rotatable bonds is 4. The summed E-state index contributed by atoms with van der Waals surface area (Å²) in [6.45, 7) is 1.49. The summed E-state index contributed by atoms with van der Waals surface area (Å²) in [6.07, 6.45) is 0. The quantitative estimate of drug-likeness (QED) is 0.541. The van der Waals surface area contributed by atoms with Crippen molar-refractivity contribution in [2.45, 2.75) is 6.04 Å². The van der Waals surface area contributed by atoms with Crippen LogP contribution in [0.3, 0.4) is 0 Å². The van der Waals surface area contributed by atoms with Crippen molar-refractivity contribution in [1.82, 2.24) is 16.0 Å². The third kappa shape index (κ3) is 4.19. The Bertz CT molecular complexity index is 821. The molecule has 0 saturated carbocycles. The van der Waals surface area contributed by atoms with Crippen LogP contribution in [0.2, 0.25) is 0 Å². The number of amides is 4. The van der Waals surface area contributed by atoms with E-state index in [1.165, 1.54) is 11.3 Å². The molecule has 6 N–H and O–H groups in total. The first-order valence-corrected chi connectivity index (χ1v) is 8.91. The second-order valence-electron chi connectivity index (χ2n) is 5.73. The normalized spacial score (nSPS) is 17.1. The molecule has 1 aliphatic rings. The van der Waals surface area contributed by atoms with Crippen molar-refractivity contribution < 1.29 is 14.4 Å². The Hall–Kier alpha value is -2.91. The van der Waals surface area contributed by atoms with Gasteiger partial charge in [0.1, 0.15) is 11.0 Å². The van der Waals surface area contributed by atoms with E-state index in [4.69, 9.17) is 5.73 Å². The Kier molecular flexibility index (Phi) is 5.49. The average Bonchev–Trinajstić information content (AvgIpc) is 2.93. The van der Waals surface area contributed by atoms with Crippen molar-refractivity contribution in [2.75, 3.05) is 25.0 Å². The minimum Gasteiger partial charge on any atom is -0.353 e. The molecule has 1 aliphatic heterocycles. The van der Waals surface area contributed by atoms with Gasteiger partial charge < -0.3 is 21.7 Å². The second kappa shape index (κ2) is 7.98. The third-order valence-electron chi connectivity index (χ3n) is 3.84. The Morgan fingerprint density at radius 3 is 2.69 bits per heavy atom. The first kappa shape index (κ1) is 17.9. The van der Waals surface area contributed by atoms with Gasteiger partial charge in [0.05, 0.1) is 5.56 Å². The van der Waals surface area contributed by atoms with Crippen LogP contribution in [0.15, 0.2) is 36.4 Å². The summed E-state index contributed by atoms with van der Waals surface area (Å²) in [5.74, 6) is -0.692. The van der Waals surface area contributed by atoms with E-state index in [0.717, 1.165) is 10.4 Å². The standard InChI is InChI=1S/C17H19N5O3S/c18-17(25)22-16-11(8-13(26-16)10-4-2-1-3-5-10)14(23)21-12-9-19-6-7-20-15(12)24/h1-5,8,12,19H,6-7,9H2,(H,20,24)(H,21,23)(H3,18,22,25). The number of nitrogens with two attached hydrogens (primary N) is 1. The van der Waals surface area contributed by atoms with E-state index < -0.39 is 18.0 Å². The molecular weight excluding hydrogens is 354 g/mol. The van der Waals surface area contributed by atoms with Gasteiger partial charge in [-0.15, -0.1) is 11.3 Å². The van der Waals surface area contributed by atoms with Crippen LogP contribution in [0.4, 0.5) is 9.80 Å². The molecule has 0 bridgehead atoms. The number of urea groups is 1. The van der Waals surface area contributed by atoms with Gasteiger partial charge in [-0.1, -0.05) is 30.3 Å². The van der Waals surface area contributed by atoms with Crippen LogP contribution >= 0.6 is 11.3 Å². The topological polar surface area (TPSA) is 125 Å². The molecule has 0 radical (unpaired) electrons. The maximum absolute atomic E-state index is 12.7. The van der Waals surface area contributed by atoms with Crippen LogP contribution in [-0.4, -0.2) is 43.5 Å². The van der Waals surface area contributed by atoms with E-state index >= 15 is 0 Å². The van der Waals surface area contributed by atoms with Crippen LogP contribution in [0.5, 0.6) is 0 Å². The zero-order valence-corrected chi connectivity index (χ0v) is 14.7. The molecule has 26 heavy (non-hydrogen) atoms. The molecule has 2 heterocycles. The Morgan fingerprint density at radius 1 is 1.19 bits per heavy atom. The van der Waals surface area contributed by atoms with Gasteiger partial charge in [-0.3, -0.25) is 14.9 Å². The van der Waals surface area contributed by atoms with E-state index in [9.17, 15) is 14.4 Å². The van der Waals surface area contributed by atoms with E-state index in [1.807, 2.05) is 30.3 Å². The third-order valence-corrected chi connectivity index (χ3v) is 4.94. The fraction of sp³-hybridized carbons (Fsp3) is 0.235. The molecule has 0 aliphatic carbocycles. The van der Waals surface area contributed by atoms with Crippen molar-refractivity contribution in [1.29, 1.82) is 0 Å². The molecule has 8 nitrogen and oxygen atoms in total. The number of benzene rings is 1. The molecule has 3 rings (SSSR count). The highest BCUT2D eigenvalue weighted by molar-refractivity contribution is 7.20. The SMILES string of the molecule is NC(=O)Nc1sc(-c2ccccc2)cc1C(=O)NC1CNCCNC1=O. The summed E-state index contributed by atoms with van der Waals surface area (Å²) < 4.78 is 0. The summed E-state index contributed by atoms with van der Waals surface area (Å²) >= 11 is 1.25. The van der Waals surface area contributed by atoms with Crippen LogP contribution < -0.4 is 27.0 Å². The second-order valence-corrected chi connectivity index (χ2v) is 6.78. The number of primary amides is 1. The summed E-state index contributed by atoms with van der Waals surface area (Å²) in [4.78, 5) is 36.8. The summed E-state index contributed by atoms with van der Waals surface area (Å²) in [5.41, 5.74) is 6.40. The molecule has 1 unspecified atom stereocenters. The van der Waals surface area contributed by atoms with Gasteiger partial charge in [-0.2, -0.15) is 0 Å². The molecule has 1 aromatic carbocycles. The lowest BCUT2D eigenvalue weighted by molar-refractivity contribution is -0.122. The smallest absolute Gasteiger partial charge is 0.317 e. The highest BCUT2D eigenvalue weighted by atomic mass is 32.1. The number of hydrogen-bond donors (Lipinski definition) is 5. The predicted octanol–water partition coefficient (Wildman–Crippen LogP) is 0.723. The van der Waals surface area contributed by atoms with E-state index in [-0.39, 0.29) is 11.5 Å². The van der Waals surface area contributed by atoms with E-state index in [2.05, 4.69) is 21.3 Å². The Balaban J connectivity index is 1.86. The van der Waals surface area contributed by atoms with Crippen molar-refractivity contribution in [3.8, 4) is 10.4 Å². The van der Waals surface area contributed by atoms with Crippen molar-refractivity contribution >= 4 is 34.2 Å². The highest BCUT2D eigenvalue weighted by Crippen LogP contribution is 2.35. The number of hydrogen-bond acceptors (Lipinski definition) is 5. The highest BCUT2D eigenvalue weighted by Gasteiger charge is 2.25. The van der Waals surface area contributed by atoms with Crippen LogP contribution in [0, 0.1) is 0 Å². The van der Waals surface area contributed by atoms with Gasteiger partial charge in [-0.05, 0) is 11.6 Å². The average molecular weight is 373 g/mol. The van der Waals surface area contributed by atoms with Gasteiger partial charge in [-0.25, -0.2) is 4.79 Å². The fourth-order valence-electron chi connectivity index (χ4n) is 2.60. The van der Waals surface area contributed by atoms with Crippen molar-refractivity contribution in [2.24, 2.45) is 5.73 Å². The molecule has 1 atom stereocenters. The zero-order valence-electron chi connectivity index (χ0n) is 13.9. The molecule has 1 fully saturated rings. The van der Waals surface area contributed by atoms with E-state index in [1.54, 1.807) is 6.07 Å². The zero-order chi connectivity index (χ0) is 18.5. The maximum atomic E-state index is 12.7. The molecular formula is C17H19N5O3S. The number of carbonyl (C=O) groups excluding carboxylic acids is 3. The van der Waals surface area contributed by atoms with Gasteiger partial charge in [0.2, 0.25) is 5.91 Å². The van der Waals surface area contributed by atoms with Gasteiger partial charge in [0.25, 0.3) is 5.91 Å². The summed E-state index contributed by atoms with van der Waals surface area (Å²) in [5, 5.41) is 11.3. The minimum atomic E-state index is -0.755. The number of thiophene rings is 1. The number of carbonyl (C=O) groups is 3. The summed E-state index contributed by atoms with van der Waals surface area (Å²) in [7, 11) is 0. The molecule has 2 aromatic rings. The van der Waals surface area contributed by atoms with Crippen LogP contribution in [0.1, 0.15) is 10.4 Å². The van der Waals surface area contributed by atoms with Gasteiger partial charge in [0, 0.05) is 24.5 Å². The fourth-order valence-corrected chi connectivity index (χ4v) is 3.66. The minimum absolute atomic E-state index is 0.244. The van der Waals surface area contributed by atoms with Gasteiger partial charge >= 0.3 is 6.03 Å². The van der Waals surface area contributed by atoms with Crippen LogP contribution in [-0.2, 0) is 4.79 Å². The Labute approximate surface area is 154 Å². The largest absolute Gasteiger partial charge is 0.353 e.